The molecule has 0 saturated carbocycles. The van der Waals surface area contributed by atoms with Crippen LogP contribution >= 0.6 is 11.8 Å². The number of rotatable bonds is 0. The van der Waals surface area contributed by atoms with Crippen molar-refractivity contribution in [3.63, 3.8) is 0 Å². The van der Waals surface area contributed by atoms with Gasteiger partial charge in [0.25, 0.3) is 5.91 Å². The minimum absolute atomic E-state index is 0.0896. The van der Waals surface area contributed by atoms with Gasteiger partial charge in [0, 0.05) is 23.4 Å². The van der Waals surface area contributed by atoms with Gasteiger partial charge in [-0.2, -0.15) is 0 Å². The van der Waals surface area contributed by atoms with E-state index >= 15 is 0 Å². The van der Waals surface area contributed by atoms with Gasteiger partial charge in [0.05, 0.1) is 0 Å². The van der Waals surface area contributed by atoms with Crippen molar-refractivity contribution in [2.24, 2.45) is 0 Å². The third kappa shape index (κ3) is 0.811. The first-order valence-electron chi connectivity index (χ1n) is 4.79. The van der Waals surface area contributed by atoms with Crippen LogP contribution in [-0.2, 0) is 4.87 Å². The third-order valence-corrected chi connectivity index (χ3v) is 4.50. The Hall–Kier alpha value is -0.960. The van der Waals surface area contributed by atoms with Gasteiger partial charge in [-0.25, -0.2) is 0 Å². The molecule has 1 atom stereocenters. The largest absolute Gasteiger partial charge is 0.319 e. The summed E-state index contributed by atoms with van der Waals surface area (Å²) in [6.07, 6.45) is 0. The molecule has 2 heterocycles. The van der Waals surface area contributed by atoms with Gasteiger partial charge in [-0.3, -0.25) is 4.79 Å². The average molecular weight is 205 g/mol. The highest BCUT2D eigenvalue weighted by atomic mass is 32.2. The predicted molar refractivity (Wildman–Crippen MR) is 57.3 cm³/mol. The summed E-state index contributed by atoms with van der Waals surface area (Å²) in [5.41, 5.74) is 2.08. The molecule has 1 aromatic rings. The number of fused-ring (bicyclic) bond motifs is 3. The number of hydrogen-bond acceptors (Lipinski definition) is 2. The summed E-state index contributed by atoms with van der Waals surface area (Å²) in [5, 5.41) is 0. The minimum atomic E-state index is -0.0896. The number of carbonyl (C=O) groups excluding carboxylic acids is 1. The molecule has 2 aliphatic heterocycles. The summed E-state index contributed by atoms with van der Waals surface area (Å²) >= 11 is 1.87. The highest BCUT2D eigenvalue weighted by Gasteiger charge is 2.49. The molecule has 1 aromatic carbocycles. The van der Waals surface area contributed by atoms with Crippen LogP contribution in [0.1, 0.15) is 22.8 Å². The molecule has 0 aliphatic carbocycles. The SMILES string of the molecule is C[C@@]12SCCN1C(=O)c1ccccc12. The molecule has 72 valence electrons. The maximum Gasteiger partial charge on any atom is 0.255 e. The standard InChI is InChI=1S/C11H11NOS/c1-11-9-5-3-2-4-8(9)10(13)12(11)6-7-14-11/h2-5H,6-7H2,1H3/t11-/m0/s1. The molecule has 2 nitrogen and oxygen atoms in total. The Bertz CT molecular complexity index is 418. The molecule has 1 fully saturated rings. The number of amides is 1. The van der Waals surface area contributed by atoms with Crippen LogP contribution in [0.5, 0.6) is 0 Å². The van der Waals surface area contributed by atoms with Crippen molar-refractivity contribution in [1.82, 2.24) is 4.90 Å². The van der Waals surface area contributed by atoms with E-state index in [0.717, 1.165) is 17.9 Å². The van der Waals surface area contributed by atoms with Crippen LogP contribution in [0.2, 0.25) is 0 Å². The Morgan fingerprint density at radius 2 is 2.21 bits per heavy atom. The topological polar surface area (TPSA) is 20.3 Å². The van der Waals surface area contributed by atoms with Gasteiger partial charge in [0.1, 0.15) is 4.87 Å². The van der Waals surface area contributed by atoms with E-state index in [-0.39, 0.29) is 10.8 Å². The highest BCUT2D eigenvalue weighted by molar-refractivity contribution is 8.00. The van der Waals surface area contributed by atoms with Crippen LogP contribution in [0.3, 0.4) is 0 Å². The molecule has 1 amide bonds. The molecule has 1 saturated heterocycles. The lowest BCUT2D eigenvalue weighted by atomic mass is 10.1. The second-order valence-corrected chi connectivity index (χ2v) is 5.33. The molecule has 2 aliphatic rings. The summed E-state index contributed by atoms with van der Waals surface area (Å²) in [6, 6.07) is 7.96. The molecule has 0 aromatic heterocycles. The van der Waals surface area contributed by atoms with Crippen molar-refractivity contribution >= 4 is 17.7 Å². The highest BCUT2D eigenvalue weighted by Crippen LogP contribution is 2.50. The quantitative estimate of drug-likeness (QED) is 0.646. The van der Waals surface area contributed by atoms with Crippen LogP contribution in [0.15, 0.2) is 24.3 Å². The lowest BCUT2D eigenvalue weighted by Gasteiger charge is -2.26. The van der Waals surface area contributed by atoms with Crippen LogP contribution in [0.25, 0.3) is 0 Å². The maximum absolute atomic E-state index is 12.0. The van der Waals surface area contributed by atoms with Gasteiger partial charge in [-0.05, 0) is 13.0 Å². The fourth-order valence-electron chi connectivity index (χ4n) is 2.36. The fraction of sp³-hybridized carbons (Fsp3) is 0.364. The minimum Gasteiger partial charge on any atom is -0.319 e. The van der Waals surface area contributed by atoms with Crippen LogP contribution in [0.4, 0.5) is 0 Å². The molecule has 0 bridgehead atoms. The Morgan fingerprint density at radius 3 is 3.07 bits per heavy atom. The first-order chi connectivity index (χ1) is 6.73. The van der Waals surface area contributed by atoms with E-state index < -0.39 is 0 Å². The first kappa shape index (κ1) is 8.36. The molecule has 14 heavy (non-hydrogen) atoms. The van der Waals surface area contributed by atoms with Gasteiger partial charge < -0.3 is 4.90 Å². The summed E-state index contributed by atoms with van der Waals surface area (Å²) in [7, 11) is 0. The van der Waals surface area contributed by atoms with Crippen molar-refractivity contribution in [3.05, 3.63) is 35.4 Å². The normalized spacial score (nSPS) is 29.2. The van der Waals surface area contributed by atoms with Crippen molar-refractivity contribution in [1.29, 1.82) is 0 Å². The zero-order valence-electron chi connectivity index (χ0n) is 7.99. The van der Waals surface area contributed by atoms with E-state index in [1.807, 2.05) is 34.9 Å². The predicted octanol–water partition coefficient (Wildman–Crippen LogP) is 2.06. The van der Waals surface area contributed by atoms with Gasteiger partial charge in [-0.15, -0.1) is 11.8 Å². The van der Waals surface area contributed by atoms with Crippen LogP contribution < -0.4 is 0 Å². The fourth-order valence-corrected chi connectivity index (χ4v) is 3.70. The van der Waals surface area contributed by atoms with E-state index in [2.05, 4.69) is 13.0 Å². The van der Waals surface area contributed by atoms with Crippen LogP contribution in [0, 0.1) is 0 Å². The molecule has 0 N–H and O–H groups in total. The average Bonchev–Trinajstić information content (AvgIpc) is 2.67. The second-order valence-electron chi connectivity index (χ2n) is 3.83. The smallest absolute Gasteiger partial charge is 0.255 e. The van der Waals surface area contributed by atoms with Gasteiger partial charge in [0.2, 0.25) is 0 Å². The Morgan fingerprint density at radius 1 is 1.43 bits per heavy atom. The van der Waals surface area contributed by atoms with Crippen molar-refractivity contribution in [3.8, 4) is 0 Å². The number of thioether (sulfide) groups is 1. The van der Waals surface area contributed by atoms with Gasteiger partial charge in [-0.1, -0.05) is 18.2 Å². The lowest BCUT2D eigenvalue weighted by molar-refractivity contribution is 0.0739. The third-order valence-electron chi connectivity index (χ3n) is 3.12. The molecule has 3 rings (SSSR count). The van der Waals surface area contributed by atoms with E-state index in [1.165, 1.54) is 5.56 Å². The second kappa shape index (κ2) is 2.54. The van der Waals surface area contributed by atoms with Crippen molar-refractivity contribution in [2.45, 2.75) is 11.8 Å². The molecule has 3 heteroatoms. The molecule has 0 unspecified atom stereocenters. The van der Waals surface area contributed by atoms with E-state index in [9.17, 15) is 4.79 Å². The van der Waals surface area contributed by atoms with Gasteiger partial charge >= 0.3 is 0 Å². The zero-order valence-corrected chi connectivity index (χ0v) is 8.80. The summed E-state index contributed by atoms with van der Waals surface area (Å²) in [4.78, 5) is 13.9. The van der Waals surface area contributed by atoms with E-state index in [4.69, 9.17) is 0 Å². The molecular weight excluding hydrogens is 194 g/mol. The van der Waals surface area contributed by atoms with Gasteiger partial charge in [0.15, 0.2) is 0 Å². The summed E-state index contributed by atoms with van der Waals surface area (Å²) < 4.78 is 0. The first-order valence-corrected chi connectivity index (χ1v) is 5.77. The molecule has 0 radical (unpaired) electrons. The number of benzene rings is 1. The Balaban J connectivity index is 2.26. The van der Waals surface area contributed by atoms with Crippen molar-refractivity contribution < 1.29 is 4.79 Å². The summed E-state index contributed by atoms with van der Waals surface area (Å²) in [6.45, 7) is 3.03. The Kier molecular flexibility index (Phi) is 1.52. The number of nitrogens with zero attached hydrogens (tertiary/aromatic N) is 1. The monoisotopic (exact) mass is 205 g/mol. The Labute approximate surface area is 87.3 Å². The van der Waals surface area contributed by atoms with E-state index in [0.29, 0.717) is 0 Å². The summed E-state index contributed by atoms with van der Waals surface area (Å²) in [5.74, 6) is 1.25. The van der Waals surface area contributed by atoms with E-state index in [1.54, 1.807) is 0 Å². The van der Waals surface area contributed by atoms with Crippen molar-refractivity contribution in [2.75, 3.05) is 12.3 Å². The molecule has 0 spiro atoms. The number of hydrogen-bond donors (Lipinski definition) is 0. The zero-order chi connectivity index (χ0) is 9.76. The maximum atomic E-state index is 12.0. The van der Waals surface area contributed by atoms with Crippen LogP contribution in [-0.4, -0.2) is 23.1 Å². The number of carbonyl (C=O) groups is 1. The molecular formula is C11H11NOS. The lowest BCUT2D eigenvalue weighted by Crippen LogP contribution is -2.33.